The van der Waals surface area contributed by atoms with E-state index >= 15 is 0 Å². The summed E-state index contributed by atoms with van der Waals surface area (Å²) in [7, 11) is 0. The maximum atomic E-state index is 12.9. The van der Waals surface area contributed by atoms with Gasteiger partial charge in [0.1, 0.15) is 11.5 Å². The smallest absolute Gasteiger partial charge is 0.269 e. The summed E-state index contributed by atoms with van der Waals surface area (Å²) >= 11 is 0. The molecular weight excluding hydrogens is 420 g/mol. The van der Waals surface area contributed by atoms with Crippen LogP contribution in [0.25, 0.3) is 11.3 Å². The van der Waals surface area contributed by atoms with Crippen molar-refractivity contribution < 1.29 is 9.32 Å². The molecule has 3 aromatic heterocycles. The summed E-state index contributed by atoms with van der Waals surface area (Å²) in [5.41, 5.74) is 3.69. The van der Waals surface area contributed by atoms with Gasteiger partial charge in [-0.05, 0) is 38.8 Å². The van der Waals surface area contributed by atoms with Gasteiger partial charge in [-0.3, -0.25) is 14.6 Å². The van der Waals surface area contributed by atoms with E-state index in [-0.39, 0.29) is 23.4 Å². The summed E-state index contributed by atoms with van der Waals surface area (Å²) in [6.45, 7) is 8.80. The molecule has 0 atom stereocenters. The number of aryl methyl sites for hydroxylation is 2. The predicted molar refractivity (Wildman–Crippen MR) is 123 cm³/mol. The monoisotopic (exact) mass is 448 g/mol. The minimum Gasteiger partial charge on any atom is -0.367 e. The van der Waals surface area contributed by atoms with Crippen LogP contribution in [-0.4, -0.2) is 56.9 Å². The van der Waals surface area contributed by atoms with Crippen molar-refractivity contribution >= 4 is 11.6 Å². The van der Waals surface area contributed by atoms with E-state index in [4.69, 9.17) is 4.52 Å². The Hall–Kier alpha value is -3.49. The first kappa shape index (κ1) is 21.4. The molecule has 9 heteroatoms. The van der Waals surface area contributed by atoms with Crippen molar-refractivity contribution in [3.63, 3.8) is 0 Å². The second kappa shape index (κ2) is 8.13. The third-order valence-electron chi connectivity index (χ3n) is 6.78. The van der Waals surface area contributed by atoms with E-state index in [0.717, 1.165) is 35.3 Å². The van der Waals surface area contributed by atoms with E-state index in [1.54, 1.807) is 18.5 Å². The number of carbonyl (C=O) groups is 1. The van der Waals surface area contributed by atoms with Crippen molar-refractivity contribution in [1.29, 1.82) is 0 Å². The van der Waals surface area contributed by atoms with Crippen LogP contribution >= 0.6 is 0 Å². The second-order valence-electron chi connectivity index (χ2n) is 9.30. The summed E-state index contributed by atoms with van der Waals surface area (Å²) in [6.07, 6.45) is 5.45. The Kier molecular flexibility index (Phi) is 5.26. The van der Waals surface area contributed by atoms with Gasteiger partial charge in [0.05, 0.1) is 18.4 Å². The summed E-state index contributed by atoms with van der Waals surface area (Å²) in [4.78, 5) is 33.8. The molecule has 0 radical (unpaired) electrons. The topological polar surface area (TPSA) is 97.4 Å². The van der Waals surface area contributed by atoms with Crippen LogP contribution in [0, 0.1) is 19.3 Å². The van der Waals surface area contributed by atoms with Gasteiger partial charge in [0.2, 0.25) is 5.91 Å². The van der Waals surface area contributed by atoms with E-state index in [0.29, 0.717) is 37.6 Å². The van der Waals surface area contributed by atoms with Crippen LogP contribution in [0.5, 0.6) is 0 Å². The maximum absolute atomic E-state index is 12.9. The average Bonchev–Trinajstić information content (AvgIpc) is 3.48. The predicted octanol–water partition coefficient (Wildman–Crippen LogP) is 2.41. The van der Waals surface area contributed by atoms with Gasteiger partial charge in [0.15, 0.2) is 0 Å². The number of nitrogens with zero attached hydrogens (tertiary/aromatic N) is 6. The van der Waals surface area contributed by atoms with Crippen LogP contribution in [-0.2, 0) is 11.3 Å². The lowest BCUT2D eigenvalue weighted by Gasteiger charge is -2.37. The molecule has 33 heavy (non-hydrogen) atoms. The molecule has 0 bridgehead atoms. The Balaban J connectivity index is 1.30. The third-order valence-corrected chi connectivity index (χ3v) is 6.78. The van der Waals surface area contributed by atoms with Gasteiger partial charge in [-0.15, -0.1) is 0 Å². The van der Waals surface area contributed by atoms with Gasteiger partial charge in [-0.25, -0.2) is 4.68 Å². The van der Waals surface area contributed by atoms with Crippen molar-refractivity contribution in [3.05, 3.63) is 58.0 Å². The zero-order valence-corrected chi connectivity index (χ0v) is 19.2. The van der Waals surface area contributed by atoms with Crippen molar-refractivity contribution in [3.8, 4) is 11.3 Å². The first-order valence-corrected chi connectivity index (χ1v) is 11.3. The zero-order valence-electron chi connectivity index (χ0n) is 19.2. The SMILES string of the molecule is Cc1ccc(-c2noc(C)c2Cn2ncc(N3CCN(C(=O)C4(C)CC4)CC3)cc2=O)cn1. The van der Waals surface area contributed by atoms with Crippen molar-refractivity contribution in [2.24, 2.45) is 5.41 Å². The van der Waals surface area contributed by atoms with Crippen molar-refractivity contribution in [2.45, 2.75) is 40.2 Å². The largest absolute Gasteiger partial charge is 0.367 e. The van der Waals surface area contributed by atoms with E-state index in [9.17, 15) is 9.59 Å². The highest BCUT2D eigenvalue weighted by Crippen LogP contribution is 2.46. The van der Waals surface area contributed by atoms with Crippen LogP contribution in [0.15, 0.2) is 39.9 Å². The molecule has 2 fully saturated rings. The molecule has 1 saturated carbocycles. The van der Waals surface area contributed by atoms with Crippen LogP contribution in [0.1, 0.15) is 36.8 Å². The van der Waals surface area contributed by atoms with Crippen molar-refractivity contribution in [2.75, 3.05) is 31.1 Å². The molecule has 1 amide bonds. The Morgan fingerprint density at radius 1 is 1.12 bits per heavy atom. The molecule has 4 heterocycles. The van der Waals surface area contributed by atoms with Gasteiger partial charge in [-0.2, -0.15) is 5.10 Å². The number of anilines is 1. The molecule has 0 spiro atoms. The van der Waals surface area contributed by atoms with Crippen LogP contribution in [0.4, 0.5) is 5.69 Å². The first-order chi connectivity index (χ1) is 15.8. The summed E-state index contributed by atoms with van der Waals surface area (Å²) < 4.78 is 6.83. The molecule has 3 aromatic rings. The minimum absolute atomic E-state index is 0.141. The molecule has 0 N–H and O–H groups in total. The Morgan fingerprint density at radius 2 is 1.88 bits per heavy atom. The molecular formula is C24H28N6O3. The maximum Gasteiger partial charge on any atom is 0.269 e. The van der Waals surface area contributed by atoms with Gasteiger partial charge in [-0.1, -0.05) is 12.1 Å². The standard InChI is InChI=1S/C24H28N6O3/c1-16-4-5-18(13-25-16)22-20(17(2)33-27-22)15-30-21(31)12-19(14-26-30)28-8-10-29(11-9-28)23(32)24(3)6-7-24/h4-5,12-14H,6-11,15H2,1-3H3. The number of carbonyl (C=O) groups excluding carboxylic acids is 1. The number of hydrogen-bond acceptors (Lipinski definition) is 7. The quantitative estimate of drug-likeness (QED) is 0.591. The average molecular weight is 449 g/mol. The van der Waals surface area contributed by atoms with Gasteiger partial charge in [0.25, 0.3) is 5.56 Å². The number of amides is 1. The zero-order chi connectivity index (χ0) is 23.2. The molecule has 0 unspecified atom stereocenters. The Labute approximate surface area is 192 Å². The van der Waals surface area contributed by atoms with E-state index in [1.165, 1.54) is 4.68 Å². The molecule has 0 aromatic carbocycles. The van der Waals surface area contributed by atoms with Gasteiger partial charge >= 0.3 is 0 Å². The lowest BCUT2D eigenvalue weighted by Crippen LogP contribution is -2.50. The number of rotatable bonds is 5. The Bertz CT molecular complexity index is 1230. The molecule has 5 rings (SSSR count). The fourth-order valence-electron chi connectivity index (χ4n) is 4.23. The van der Waals surface area contributed by atoms with Gasteiger partial charge in [0, 0.05) is 60.7 Å². The number of pyridine rings is 1. The highest BCUT2D eigenvalue weighted by atomic mass is 16.5. The second-order valence-corrected chi connectivity index (χ2v) is 9.30. The molecule has 2 aliphatic rings. The number of aromatic nitrogens is 4. The van der Waals surface area contributed by atoms with E-state index in [2.05, 4.69) is 20.1 Å². The summed E-state index contributed by atoms with van der Waals surface area (Å²) in [6, 6.07) is 5.47. The third kappa shape index (κ3) is 4.15. The lowest BCUT2D eigenvalue weighted by molar-refractivity contribution is -0.136. The van der Waals surface area contributed by atoms with Crippen LogP contribution in [0.2, 0.25) is 0 Å². The van der Waals surface area contributed by atoms with Crippen LogP contribution in [0.3, 0.4) is 0 Å². The normalized spacial score (nSPS) is 17.3. The fraction of sp³-hybridized carbons (Fsp3) is 0.458. The molecule has 1 aliphatic heterocycles. The lowest BCUT2D eigenvalue weighted by atomic mass is 10.1. The first-order valence-electron chi connectivity index (χ1n) is 11.3. The molecule has 1 aliphatic carbocycles. The number of piperazine rings is 1. The van der Waals surface area contributed by atoms with Crippen LogP contribution < -0.4 is 10.5 Å². The van der Waals surface area contributed by atoms with E-state index in [1.807, 2.05) is 37.8 Å². The molecule has 172 valence electrons. The minimum atomic E-state index is -0.190. The van der Waals surface area contributed by atoms with Gasteiger partial charge < -0.3 is 14.3 Å². The summed E-state index contributed by atoms with van der Waals surface area (Å²) in [5, 5.41) is 8.60. The Morgan fingerprint density at radius 3 is 2.52 bits per heavy atom. The fourth-order valence-corrected chi connectivity index (χ4v) is 4.23. The van der Waals surface area contributed by atoms with Crippen molar-refractivity contribution in [1.82, 2.24) is 24.8 Å². The molecule has 1 saturated heterocycles. The molecule has 9 nitrogen and oxygen atoms in total. The van der Waals surface area contributed by atoms with E-state index < -0.39 is 0 Å². The highest BCUT2D eigenvalue weighted by molar-refractivity contribution is 5.85. The number of hydrogen-bond donors (Lipinski definition) is 0. The highest BCUT2D eigenvalue weighted by Gasteiger charge is 2.47. The summed E-state index contributed by atoms with van der Waals surface area (Å²) in [5.74, 6) is 0.910.